The fourth-order valence-corrected chi connectivity index (χ4v) is 3.11. The zero-order valence-corrected chi connectivity index (χ0v) is 18.0. The van der Waals surface area contributed by atoms with Crippen LogP contribution >= 0.6 is 0 Å². The molecule has 0 spiro atoms. The number of ether oxygens (including phenoxy) is 1. The molecule has 1 amide bonds. The second-order valence-corrected chi connectivity index (χ2v) is 9.18. The molecule has 1 atom stereocenters. The van der Waals surface area contributed by atoms with E-state index in [4.69, 9.17) is 10.5 Å². The minimum atomic E-state index is -0.0957. The van der Waals surface area contributed by atoms with E-state index in [-0.39, 0.29) is 23.3 Å². The van der Waals surface area contributed by atoms with E-state index in [0.29, 0.717) is 18.2 Å². The molecule has 3 aromatic rings. The summed E-state index contributed by atoms with van der Waals surface area (Å²) in [4.78, 5) is 16.4. The summed E-state index contributed by atoms with van der Waals surface area (Å²) in [5.74, 6) is 1.47. The fraction of sp³-hybridized carbons (Fsp3) is 0.435. The van der Waals surface area contributed by atoms with Gasteiger partial charge >= 0.3 is 0 Å². The predicted octanol–water partition coefficient (Wildman–Crippen LogP) is 3.81. The zero-order chi connectivity index (χ0) is 21.5. The van der Waals surface area contributed by atoms with Crippen molar-refractivity contribution in [2.45, 2.75) is 46.6 Å². The number of amides is 1. The van der Waals surface area contributed by atoms with Gasteiger partial charge < -0.3 is 15.8 Å². The third-order valence-electron chi connectivity index (χ3n) is 5.51. The van der Waals surface area contributed by atoms with Crippen LogP contribution in [0.2, 0.25) is 0 Å². The summed E-state index contributed by atoms with van der Waals surface area (Å²) in [5, 5.41) is 7.35. The van der Waals surface area contributed by atoms with Crippen LogP contribution in [0.3, 0.4) is 0 Å². The van der Waals surface area contributed by atoms with Crippen LogP contribution in [0, 0.1) is 18.3 Å². The maximum Gasteiger partial charge on any atom is 0.228 e. The number of fused-ring (bicyclic) bond motifs is 1. The van der Waals surface area contributed by atoms with Gasteiger partial charge in [0.2, 0.25) is 5.91 Å². The molecule has 1 aliphatic rings. The topological polar surface area (TPSA) is 94.5 Å². The third kappa shape index (κ3) is 4.46. The van der Waals surface area contributed by atoms with Gasteiger partial charge in [-0.25, -0.2) is 4.52 Å². The van der Waals surface area contributed by atoms with Gasteiger partial charge in [0.15, 0.2) is 5.82 Å². The number of carbonyl (C=O) groups excluding carboxylic acids is 1. The number of nitrogens with one attached hydrogen (secondary N) is 1. The Hall–Kier alpha value is -2.93. The van der Waals surface area contributed by atoms with Crippen LogP contribution in [0.5, 0.6) is 5.75 Å². The van der Waals surface area contributed by atoms with Crippen LogP contribution in [0.1, 0.15) is 39.3 Å². The van der Waals surface area contributed by atoms with E-state index >= 15 is 0 Å². The van der Waals surface area contributed by atoms with E-state index in [0.717, 1.165) is 35.2 Å². The summed E-state index contributed by atoms with van der Waals surface area (Å²) < 4.78 is 7.83. The standard InChI is InChI=1S/C23H29N5O2/c1-14-9-18(19(12-25-14)30-13-20(24)23(2,3)4)16-7-8-28-17(10-16)11-21(27-28)26-22(29)15-5-6-15/h7-12,15,20H,5-6,13,24H2,1-4H3,(H,26,27,29)/t20-/m1/s1. The molecular weight excluding hydrogens is 378 g/mol. The second kappa shape index (κ2) is 7.72. The van der Waals surface area contributed by atoms with Crippen LogP contribution in [0.15, 0.2) is 36.7 Å². The summed E-state index contributed by atoms with van der Waals surface area (Å²) in [5.41, 5.74) is 9.97. The summed E-state index contributed by atoms with van der Waals surface area (Å²) in [6.07, 6.45) is 5.57. The Labute approximate surface area is 176 Å². The van der Waals surface area contributed by atoms with Crippen molar-refractivity contribution in [3.8, 4) is 16.9 Å². The van der Waals surface area contributed by atoms with Gasteiger partial charge in [0.25, 0.3) is 0 Å². The first-order chi connectivity index (χ1) is 14.2. The summed E-state index contributed by atoms with van der Waals surface area (Å²) in [7, 11) is 0. The van der Waals surface area contributed by atoms with Gasteiger partial charge in [0.05, 0.1) is 11.7 Å². The third-order valence-corrected chi connectivity index (χ3v) is 5.51. The number of rotatable bonds is 6. The average Bonchev–Trinajstić information content (AvgIpc) is 3.46. The molecule has 0 aliphatic heterocycles. The van der Waals surface area contributed by atoms with Crippen LogP contribution < -0.4 is 15.8 Å². The molecule has 0 bridgehead atoms. The number of nitrogens with two attached hydrogens (primary N) is 1. The fourth-order valence-electron chi connectivity index (χ4n) is 3.11. The molecule has 3 N–H and O–H groups in total. The van der Waals surface area contributed by atoms with E-state index in [1.807, 2.05) is 37.4 Å². The number of nitrogens with zero attached hydrogens (tertiary/aromatic N) is 3. The Morgan fingerprint density at radius 3 is 2.80 bits per heavy atom. The zero-order valence-electron chi connectivity index (χ0n) is 18.0. The van der Waals surface area contributed by atoms with Crippen molar-refractivity contribution in [1.82, 2.24) is 14.6 Å². The van der Waals surface area contributed by atoms with Crippen molar-refractivity contribution in [2.24, 2.45) is 17.1 Å². The van der Waals surface area contributed by atoms with E-state index < -0.39 is 0 Å². The van der Waals surface area contributed by atoms with Crippen molar-refractivity contribution in [2.75, 3.05) is 11.9 Å². The smallest absolute Gasteiger partial charge is 0.228 e. The quantitative estimate of drug-likeness (QED) is 0.648. The normalized spacial score (nSPS) is 15.2. The average molecular weight is 408 g/mol. The highest BCUT2D eigenvalue weighted by Gasteiger charge is 2.30. The molecule has 7 heteroatoms. The van der Waals surface area contributed by atoms with Crippen molar-refractivity contribution < 1.29 is 9.53 Å². The van der Waals surface area contributed by atoms with E-state index in [1.54, 1.807) is 10.7 Å². The number of aryl methyl sites for hydroxylation is 1. The molecule has 1 aliphatic carbocycles. The summed E-state index contributed by atoms with van der Waals surface area (Å²) in [6.45, 7) is 8.66. The number of hydrogen-bond acceptors (Lipinski definition) is 5. The number of anilines is 1. The highest BCUT2D eigenvalue weighted by atomic mass is 16.5. The first kappa shape index (κ1) is 20.3. The minimum absolute atomic E-state index is 0.0455. The molecule has 3 heterocycles. The molecule has 1 saturated carbocycles. The lowest BCUT2D eigenvalue weighted by molar-refractivity contribution is -0.117. The Kier molecular flexibility index (Phi) is 5.24. The Morgan fingerprint density at radius 2 is 2.10 bits per heavy atom. The lowest BCUT2D eigenvalue weighted by atomic mass is 9.88. The van der Waals surface area contributed by atoms with E-state index in [9.17, 15) is 4.79 Å². The van der Waals surface area contributed by atoms with Crippen molar-refractivity contribution in [3.05, 3.63) is 42.4 Å². The number of carbonyl (C=O) groups is 1. The molecule has 30 heavy (non-hydrogen) atoms. The van der Waals surface area contributed by atoms with E-state index in [2.05, 4.69) is 36.2 Å². The van der Waals surface area contributed by atoms with Gasteiger partial charge in [-0.05, 0) is 48.9 Å². The number of aromatic nitrogens is 3. The SMILES string of the molecule is Cc1cc(-c2ccn3nc(NC(=O)C4CC4)cc3c2)c(OC[C@@H](N)C(C)(C)C)cn1. The van der Waals surface area contributed by atoms with Crippen LogP contribution in [-0.4, -0.2) is 33.2 Å². The number of pyridine rings is 2. The van der Waals surface area contributed by atoms with Crippen LogP contribution in [-0.2, 0) is 4.79 Å². The molecule has 0 aromatic carbocycles. The molecule has 7 nitrogen and oxygen atoms in total. The lowest BCUT2D eigenvalue weighted by Crippen LogP contribution is -2.40. The Balaban J connectivity index is 1.60. The summed E-state index contributed by atoms with van der Waals surface area (Å²) >= 11 is 0. The molecule has 0 unspecified atom stereocenters. The maximum atomic E-state index is 12.0. The molecule has 0 radical (unpaired) electrons. The van der Waals surface area contributed by atoms with Gasteiger partial charge in [0, 0.05) is 35.5 Å². The molecule has 0 saturated heterocycles. The van der Waals surface area contributed by atoms with Gasteiger partial charge in [-0.1, -0.05) is 20.8 Å². The Morgan fingerprint density at radius 1 is 1.33 bits per heavy atom. The lowest BCUT2D eigenvalue weighted by Gasteiger charge is -2.27. The molecule has 3 aromatic heterocycles. The van der Waals surface area contributed by atoms with Gasteiger partial charge in [-0.3, -0.25) is 9.78 Å². The largest absolute Gasteiger partial charge is 0.490 e. The molecular formula is C23H29N5O2. The van der Waals surface area contributed by atoms with Crippen molar-refractivity contribution in [1.29, 1.82) is 0 Å². The Bertz CT molecular complexity index is 1080. The summed E-state index contributed by atoms with van der Waals surface area (Å²) in [6, 6.07) is 7.81. The first-order valence-electron chi connectivity index (χ1n) is 10.4. The molecule has 4 rings (SSSR count). The predicted molar refractivity (Wildman–Crippen MR) is 117 cm³/mol. The minimum Gasteiger partial charge on any atom is -0.490 e. The highest BCUT2D eigenvalue weighted by molar-refractivity contribution is 5.93. The molecule has 1 fully saturated rings. The van der Waals surface area contributed by atoms with Gasteiger partial charge in [0.1, 0.15) is 12.4 Å². The van der Waals surface area contributed by atoms with Crippen LogP contribution in [0.4, 0.5) is 5.82 Å². The monoisotopic (exact) mass is 407 g/mol. The van der Waals surface area contributed by atoms with Crippen molar-refractivity contribution >= 4 is 17.2 Å². The van der Waals surface area contributed by atoms with Gasteiger partial charge in [-0.15, -0.1) is 0 Å². The second-order valence-electron chi connectivity index (χ2n) is 9.18. The number of hydrogen-bond donors (Lipinski definition) is 2. The van der Waals surface area contributed by atoms with E-state index in [1.165, 1.54) is 0 Å². The maximum absolute atomic E-state index is 12.0. The van der Waals surface area contributed by atoms with Crippen molar-refractivity contribution in [3.63, 3.8) is 0 Å². The highest BCUT2D eigenvalue weighted by Crippen LogP contribution is 2.33. The van der Waals surface area contributed by atoms with Gasteiger partial charge in [-0.2, -0.15) is 5.10 Å². The molecule has 158 valence electrons. The van der Waals surface area contributed by atoms with Crippen LogP contribution in [0.25, 0.3) is 16.6 Å². The first-order valence-corrected chi connectivity index (χ1v) is 10.4.